The molecule has 1 atom stereocenters. The quantitative estimate of drug-likeness (QED) is 0.536. The Kier molecular flexibility index (Phi) is 6.66. The standard InChI is InChI=1S/C28H29ClN4O/c1-21-18-24(29)12-13-26(21)33-27(34)25(19-22-8-4-2-5-9-22)30-28(33)32-16-14-31(15-17-32)20-23-10-6-3-7-11-23/h2-13,18,25H,14-17,19-20H2,1H3. The number of rotatable bonds is 5. The van der Waals surface area contributed by atoms with Crippen molar-refractivity contribution in [3.05, 3.63) is 101 Å². The van der Waals surface area contributed by atoms with Gasteiger partial charge in [-0.25, -0.2) is 9.89 Å². The van der Waals surface area contributed by atoms with Gasteiger partial charge in [0, 0.05) is 44.2 Å². The van der Waals surface area contributed by atoms with Crippen molar-refractivity contribution < 1.29 is 4.79 Å². The van der Waals surface area contributed by atoms with E-state index in [1.807, 2.05) is 48.2 Å². The molecule has 174 valence electrons. The van der Waals surface area contributed by atoms with Gasteiger partial charge in [0.15, 0.2) is 0 Å². The number of aliphatic imine (C=N–C) groups is 1. The molecule has 3 aromatic carbocycles. The molecule has 2 heterocycles. The molecule has 0 N–H and O–H groups in total. The summed E-state index contributed by atoms with van der Waals surface area (Å²) >= 11 is 6.21. The van der Waals surface area contributed by atoms with Crippen molar-refractivity contribution in [1.29, 1.82) is 0 Å². The number of anilines is 1. The van der Waals surface area contributed by atoms with Gasteiger partial charge in [-0.05, 0) is 41.8 Å². The molecule has 1 amide bonds. The van der Waals surface area contributed by atoms with Gasteiger partial charge >= 0.3 is 0 Å². The van der Waals surface area contributed by atoms with Gasteiger partial charge in [0.25, 0.3) is 5.91 Å². The average molecular weight is 473 g/mol. The molecule has 0 aromatic heterocycles. The van der Waals surface area contributed by atoms with Crippen LogP contribution in [0.2, 0.25) is 5.02 Å². The van der Waals surface area contributed by atoms with Crippen LogP contribution in [0.3, 0.4) is 0 Å². The van der Waals surface area contributed by atoms with Crippen LogP contribution in [0.1, 0.15) is 16.7 Å². The minimum Gasteiger partial charge on any atom is -0.340 e. The Morgan fingerprint density at radius 3 is 2.18 bits per heavy atom. The van der Waals surface area contributed by atoms with E-state index in [4.69, 9.17) is 16.6 Å². The van der Waals surface area contributed by atoms with Gasteiger partial charge < -0.3 is 4.90 Å². The van der Waals surface area contributed by atoms with Crippen LogP contribution in [0.4, 0.5) is 5.69 Å². The summed E-state index contributed by atoms with van der Waals surface area (Å²) in [4.78, 5) is 25.2. The van der Waals surface area contributed by atoms with Gasteiger partial charge in [-0.1, -0.05) is 72.3 Å². The van der Waals surface area contributed by atoms with Gasteiger partial charge in [0.2, 0.25) is 5.96 Å². The average Bonchev–Trinajstić information content (AvgIpc) is 3.16. The summed E-state index contributed by atoms with van der Waals surface area (Å²) in [6, 6.07) is 26.0. The van der Waals surface area contributed by atoms with Crippen molar-refractivity contribution in [2.75, 3.05) is 31.1 Å². The van der Waals surface area contributed by atoms with Gasteiger partial charge in [0.1, 0.15) is 6.04 Å². The Balaban J connectivity index is 1.37. The highest BCUT2D eigenvalue weighted by molar-refractivity contribution is 6.31. The lowest BCUT2D eigenvalue weighted by atomic mass is 10.1. The van der Waals surface area contributed by atoms with E-state index in [-0.39, 0.29) is 5.91 Å². The molecule has 1 unspecified atom stereocenters. The van der Waals surface area contributed by atoms with Crippen molar-refractivity contribution in [1.82, 2.24) is 9.80 Å². The zero-order chi connectivity index (χ0) is 23.5. The van der Waals surface area contributed by atoms with Crippen LogP contribution in [0.15, 0.2) is 83.9 Å². The SMILES string of the molecule is Cc1cc(Cl)ccc1N1C(=O)C(Cc2ccccc2)N=C1N1CCN(Cc2ccccc2)CC1. The molecule has 5 rings (SSSR count). The number of benzene rings is 3. The van der Waals surface area contributed by atoms with Crippen molar-refractivity contribution in [3.63, 3.8) is 0 Å². The summed E-state index contributed by atoms with van der Waals surface area (Å²) in [5.41, 5.74) is 4.27. The Labute approximate surface area is 206 Å². The Morgan fingerprint density at radius 2 is 1.53 bits per heavy atom. The van der Waals surface area contributed by atoms with E-state index in [1.54, 1.807) is 0 Å². The van der Waals surface area contributed by atoms with E-state index in [0.717, 1.165) is 55.5 Å². The Bertz CT molecular complexity index is 1170. The molecule has 2 aliphatic heterocycles. The number of aryl methyl sites for hydroxylation is 1. The third kappa shape index (κ3) is 4.86. The summed E-state index contributed by atoms with van der Waals surface area (Å²) in [7, 11) is 0. The van der Waals surface area contributed by atoms with Gasteiger partial charge in [-0.2, -0.15) is 0 Å². The first-order valence-corrected chi connectivity index (χ1v) is 12.2. The first-order chi connectivity index (χ1) is 16.6. The predicted molar refractivity (Wildman–Crippen MR) is 138 cm³/mol. The first kappa shape index (κ1) is 22.6. The summed E-state index contributed by atoms with van der Waals surface area (Å²) in [6.07, 6.45) is 0.598. The van der Waals surface area contributed by atoms with E-state index >= 15 is 0 Å². The topological polar surface area (TPSA) is 39.2 Å². The molecular formula is C28H29ClN4O. The molecule has 0 saturated carbocycles. The molecule has 0 radical (unpaired) electrons. The predicted octanol–water partition coefficient (Wildman–Crippen LogP) is 4.78. The second-order valence-corrected chi connectivity index (χ2v) is 9.42. The normalized spacial score (nSPS) is 18.9. The highest BCUT2D eigenvalue weighted by atomic mass is 35.5. The lowest BCUT2D eigenvalue weighted by Gasteiger charge is -2.38. The number of nitrogens with zero attached hydrogens (tertiary/aromatic N) is 4. The number of carbonyl (C=O) groups excluding carboxylic acids is 1. The molecule has 1 fully saturated rings. The van der Waals surface area contributed by atoms with E-state index in [9.17, 15) is 4.79 Å². The van der Waals surface area contributed by atoms with Crippen LogP contribution in [0, 0.1) is 6.92 Å². The van der Waals surface area contributed by atoms with E-state index in [1.165, 1.54) is 5.56 Å². The number of halogens is 1. The molecule has 2 aliphatic rings. The maximum atomic E-state index is 13.6. The fraction of sp³-hybridized carbons (Fsp3) is 0.286. The van der Waals surface area contributed by atoms with Crippen molar-refractivity contribution in [2.24, 2.45) is 4.99 Å². The minimum atomic E-state index is -0.421. The maximum absolute atomic E-state index is 13.6. The van der Waals surface area contributed by atoms with Crippen molar-refractivity contribution in [2.45, 2.75) is 25.9 Å². The second kappa shape index (κ2) is 10.00. The number of amides is 1. The number of carbonyl (C=O) groups is 1. The van der Waals surface area contributed by atoms with Crippen molar-refractivity contribution >= 4 is 29.2 Å². The Morgan fingerprint density at radius 1 is 0.882 bits per heavy atom. The summed E-state index contributed by atoms with van der Waals surface area (Å²) in [6.45, 7) is 6.46. The monoisotopic (exact) mass is 472 g/mol. The highest BCUT2D eigenvalue weighted by Gasteiger charge is 2.39. The largest absolute Gasteiger partial charge is 0.340 e. The van der Waals surface area contributed by atoms with Crippen LogP contribution in [-0.2, 0) is 17.8 Å². The third-order valence-electron chi connectivity index (χ3n) is 6.55. The van der Waals surface area contributed by atoms with Gasteiger partial charge in [-0.3, -0.25) is 9.69 Å². The van der Waals surface area contributed by atoms with E-state index < -0.39 is 6.04 Å². The molecule has 5 nitrogen and oxygen atoms in total. The number of guanidine groups is 1. The van der Waals surface area contributed by atoms with Gasteiger partial charge in [-0.15, -0.1) is 0 Å². The maximum Gasteiger partial charge on any atom is 0.259 e. The third-order valence-corrected chi connectivity index (χ3v) is 6.79. The van der Waals surface area contributed by atoms with Crippen LogP contribution < -0.4 is 4.90 Å². The molecule has 0 spiro atoms. The highest BCUT2D eigenvalue weighted by Crippen LogP contribution is 2.30. The molecule has 0 aliphatic carbocycles. The van der Waals surface area contributed by atoms with Crippen LogP contribution in [-0.4, -0.2) is 53.9 Å². The fourth-order valence-corrected chi connectivity index (χ4v) is 4.96. The number of hydrogen-bond donors (Lipinski definition) is 0. The molecule has 34 heavy (non-hydrogen) atoms. The van der Waals surface area contributed by atoms with Crippen molar-refractivity contribution in [3.8, 4) is 0 Å². The zero-order valence-corrected chi connectivity index (χ0v) is 20.2. The Hall–Kier alpha value is -3.15. The van der Waals surface area contributed by atoms with E-state index in [2.05, 4.69) is 52.3 Å². The zero-order valence-electron chi connectivity index (χ0n) is 19.4. The molecule has 3 aromatic rings. The smallest absolute Gasteiger partial charge is 0.259 e. The van der Waals surface area contributed by atoms with Crippen LogP contribution in [0.5, 0.6) is 0 Å². The molecule has 0 bridgehead atoms. The summed E-state index contributed by atoms with van der Waals surface area (Å²) < 4.78 is 0. The minimum absolute atomic E-state index is 0.0241. The van der Waals surface area contributed by atoms with Crippen LogP contribution in [0.25, 0.3) is 0 Å². The van der Waals surface area contributed by atoms with Crippen LogP contribution >= 0.6 is 11.6 Å². The molecular weight excluding hydrogens is 444 g/mol. The number of hydrogen-bond acceptors (Lipinski definition) is 4. The fourth-order valence-electron chi connectivity index (χ4n) is 4.74. The first-order valence-electron chi connectivity index (χ1n) is 11.8. The lowest BCUT2D eigenvalue weighted by molar-refractivity contribution is -0.118. The van der Waals surface area contributed by atoms with E-state index in [0.29, 0.717) is 11.4 Å². The summed E-state index contributed by atoms with van der Waals surface area (Å²) in [5.74, 6) is 0.784. The second-order valence-electron chi connectivity index (χ2n) is 8.99. The number of piperazine rings is 1. The lowest BCUT2D eigenvalue weighted by Crippen LogP contribution is -2.53. The summed E-state index contributed by atoms with van der Waals surface area (Å²) in [5, 5.41) is 0.668. The molecule has 1 saturated heterocycles. The molecule has 6 heteroatoms. The van der Waals surface area contributed by atoms with Gasteiger partial charge in [0.05, 0.1) is 5.69 Å².